The lowest BCUT2D eigenvalue weighted by molar-refractivity contribution is -0.128. The van der Waals surface area contributed by atoms with Crippen molar-refractivity contribution in [3.8, 4) is 6.07 Å². The molecule has 13 heavy (non-hydrogen) atoms. The van der Waals surface area contributed by atoms with Crippen LogP contribution in [0.25, 0.3) is 0 Å². The lowest BCUT2D eigenvalue weighted by Gasteiger charge is -2.16. The summed E-state index contributed by atoms with van der Waals surface area (Å²) < 4.78 is 0. The minimum Gasteiger partial charge on any atom is -0.349 e. The summed E-state index contributed by atoms with van der Waals surface area (Å²) in [4.78, 5) is 12.7. The van der Waals surface area contributed by atoms with Gasteiger partial charge in [0.15, 0.2) is 0 Å². The fourth-order valence-electron chi connectivity index (χ4n) is 0.901. The molecule has 0 aromatic heterocycles. The summed E-state index contributed by atoms with van der Waals surface area (Å²) in [5, 5.41) is 11.7. The van der Waals surface area contributed by atoms with Crippen LogP contribution in [0.15, 0.2) is 0 Å². The van der Waals surface area contributed by atoms with Crippen LogP contribution in [0.2, 0.25) is 0 Å². The summed E-state index contributed by atoms with van der Waals surface area (Å²) in [6, 6.07) is 1.90. The molecule has 0 saturated heterocycles. The van der Waals surface area contributed by atoms with E-state index in [0.29, 0.717) is 0 Å². The van der Waals surface area contributed by atoms with Crippen molar-refractivity contribution < 1.29 is 4.79 Å². The average molecular weight is 183 g/mol. The molecule has 0 heterocycles. The highest BCUT2D eigenvalue weighted by atomic mass is 16.2. The van der Waals surface area contributed by atoms with Gasteiger partial charge >= 0.3 is 0 Å². The number of amides is 1. The SMILES string of the molecule is CC(C)NC(C#N)CC(=O)N(C)C. The molecule has 0 saturated carbocycles. The Morgan fingerprint density at radius 1 is 1.54 bits per heavy atom. The number of nitriles is 1. The Labute approximate surface area is 79.5 Å². The molecule has 1 atom stereocenters. The van der Waals surface area contributed by atoms with Crippen molar-refractivity contribution in [3.63, 3.8) is 0 Å². The van der Waals surface area contributed by atoms with E-state index in [2.05, 4.69) is 11.4 Å². The molecule has 74 valence electrons. The van der Waals surface area contributed by atoms with E-state index in [-0.39, 0.29) is 24.4 Å². The van der Waals surface area contributed by atoms with Crippen molar-refractivity contribution in [2.24, 2.45) is 0 Å². The first kappa shape index (κ1) is 11.9. The van der Waals surface area contributed by atoms with Crippen molar-refractivity contribution in [1.29, 1.82) is 5.26 Å². The molecule has 4 nitrogen and oxygen atoms in total. The van der Waals surface area contributed by atoms with Crippen molar-refractivity contribution in [3.05, 3.63) is 0 Å². The topological polar surface area (TPSA) is 56.1 Å². The van der Waals surface area contributed by atoms with Crippen LogP contribution in [0.4, 0.5) is 0 Å². The van der Waals surface area contributed by atoms with Gasteiger partial charge < -0.3 is 4.90 Å². The van der Waals surface area contributed by atoms with Crippen LogP contribution in [0.3, 0.4) is 0 Å². The van der Waals surface area contributed by atoms with Crippen molar-refractivity contribution in [2.45, 2.75) is 32.4 Å². The van der Waals surface area contributed by atoms with Gasteiger partial charge in [-0.25, -0.2) is 0 Å². The zero-order valence-corrected chi connectivity index (χ0v) is 8.66. The number of carbonyl (C=O) groups excluding carboxylic acids is 1. The van der Waals surface area contributed by atoms with Crippen LogP contribution in [-0.4, -0.2) is 37.0 Å². The minimum atomic E-state index is -0.380. The van der Waals surface area contributed by atoms with E-state index in [4.69, 9.17) is 5.26 Å². The van der Waals surface area contributed by atoms with E-state index in [1.165, 1.54) is 4.90 Å². The molecule has 0 aliphatic rings. The molecule has 4 heteroatoms. The third-order valence-electron chi connectivity index (χ3n) is 1.57. The Bertz CT molecular complexity index is 205. The Morgan fingerprint density at radius 3 is 2.38 bits per heavy atom. The Hall–Kier alpha value is -1.08. The molecule has 1 unspecified atom stereocenters. The fourth-order valence-corrected chi connectivity index (χ4v) is 0.901. The summed E-state index contributed by atoms with van der Waals surface area (Å²) >= 11 is 0. The van der Waals surface area contributed by atoms with Crippen LogP contribution in [0.5, 0.6) is 0 Å². The fraction of sp³-hybridized carbons (Fsp3) is 0.778. The summed E-state index contributed by atoms with van der Waals surface area (Å²) in [5.74, 6) is -0.0281. The van der Waals surface area contributed by atoms with E-state index < -0.39 is 0 Å². The first-order chi connectivity index (χ1) is 5.97. The number of hydrogen-bond donors (Lipinski definition) is 1. The zero-order valence-electron chi connectivity index (χ0n) is 8.66. The second kappa shape index (κ2) is 5.55. The molecule has 0 aromatic rings. The van der Waals surface area contributed by atoms with E-state index >= 15 is 0 Å². The molecule has 0 aliphatic carbocycles. The smallest absolute Gasteiger partial charge is 0.224 e. The van der Waals surface area contributed by atoms with Crippen LogP contribution in [0, 0.1) is 11.3 Å². The van der Waals surface area contributed by atoms with Gasteiger partial charge in [-0.15, -0.1) is 0 Å². The van der Waals surface area contributed by atoms with Gasteiger partial charge in [-0.2, -0.15) is 5.26 Å². The first-order valence-electron chi connectivity index (χ1n) is 4.33. The Balaban J connectivity index is 4.00. The molecule has 1 amide bonds. The average Bonchev–Trinajstić information content (AvgIpc) is 2.02. The zero-order chi connectivity index (χ0) is 10.4. The van der Waals surface area contributed by atoms with E-state index in [9.17, 15) is 4.79 Å². The number of carbonyl (C=O) groups is 1. The third kappa shape index (κ3) is 5.21. The summed E-state index contributed by atoms with van der Waals surface area (Å²) in [5.41, 5.74) is 0. The normalized spacial score (nSPS) is 12.3. The highest BCUT2D eigenvalue weighted by molar-refractivity contribution is 5.76. The predicted octanol–water partition coefficient (Wildman–Crippen LogP) is 0.355. The first-order valence-corrected chi connectivity index (χ1v) is 4.33. The van der Waals surface area contributed by atoms with E-state index in [1.807, 2.05) is 13.8 Å². The van der Waals surface area contributed by atoms with Gasteiger partial charge in [0.1, 0.15) is 6.04 Å². The summed E-state index contributed by atoms with van der Waals surface area (Å²) in [6.07, 6.45) is 0.238. The van der Waals surface area contributed by atoms with Crippen molar-refractivity contribution in [2.75, 3.05) is 14.1 Å². The Morgan fingerprint density at radius 2 is 2.08 bits per heavy atom. The molecular weight excluding hydrogens is 166 g/mol. The number of hydrogen-bond acceptors (Lipinski definition) is 3. The van der Waals surface area contributed by atoms with E-state index in [1.54, 1.807) is 14.1 Å². The molecule has 0 spiro atoms. The van der Waals surface area contributed by atoms with Gasteiger partial charge in [0.25, 0.3) is 0 Å². The van der Waals surface area contributed by atoms with Crippen LogP contribution >= 0.6 is 0 Å². The highest BCUT2D eigenvalue weighted by Crippen LogP contribution is 1.96. The maximum atomic E-state index is 11.2. The maximum Gasteiger partial charge on any atom is 0.224 e. The second-order valence-corrected chi connectivity index (χ2v) is 3.50. The number of nitrogens with zero attached hydrogens (tertiary/aromatic N) is 2. The standard InChI is InChI=1S/C9H17N3O/c1-7(2)11-8(6-10)5-9(13)12(3)4/h7-8,11H,5H2,1-4H3. The Kier molecular flexibility index (Phi) is 5.09. The van der Waals surface area contributed by atoms with Gasteiger partial charge in [0, 0.05) is 20.1 Å². The van der Waals surface area contributed by atoms with Gasteiger partial charge in [-0.1, -0.05) is 0 Å². The predicted molar refractivity (Wildman–Crippen MR) is 51.0 cm³/mol. The van der Waals surface area contributed by atoms with Gasteiger partial charge in [0.2, 0.25) is 5.91 Å². The van der Waals surface area contributed by atoms with Crippen LogP contribution in [0.1, 0.15) is 20.3 Å². The quantitative estimate of drug-likeness (QED) is 0.684. The molecule has 0 rings (SSSR count). The third-order valence-corrected chi connectivity index (χ3v) is 1.57. The molecule has 0 aliphatic heterocycles. The second-order valence-electron chi connectivity index (χ2n) is 3.50. The molecule has 0 radical (unpaired) electrons. The lowest BCUT2D eigenvalue weighted by atomic mass is 10.2. The number of nitrogens with one attached hydrogen (secondary N) is 1. The van der Waals surface area contributed by atoms with Gasteiger partial charge in [0.05, 0.1) is 12.5 Å². The van der Waals surface area contributed by atoms with Crippen LogP contribution < -0.4 is 5.32 Å². The van der Waals surface area contributed by atoms with Crippen LogP contribution in [-0.2, 0) is 4.79 Å². The minimum absolute atomic E-state index is 0.0281. The number of rotatable bonds is 4. The molecule has 1 N–H and O–H groups in total. The summed E-state index contributed by atoms with van der Waals surface area (Å²) in [6.45, 7) is 3.90. The van der Waals surface area contributed by atoms with Crippen molar-refractivity contribution in [1.82, 2.24) is 10.2 Å². The summed E-state index contributed by atoms with van der Waals surface area (Å²) in [7, 11) is 3.37. The largest absolute Gasteiger partial charge is 0.349 e. The molecule has 0 bridgehead atoms. The van der Waals surface area contributed by atoms with Gasteiger partial charge in [-0.05, 0) is 13.8 Å². The van der Waals surface area contributed by atoms with E-state index in [0.717, 1.165) is 0 Å². The van der Waals surface area contributed by atoms with Crippen molar-refractivity contribution >= 4 is 5.91 Å². The maximum absolute atomic E-state index is 11.2. The van der Waals surface area contributed by atoms with Gasteiger partial charge in [-0.3, -0.25) is 10.1 Å². The molecule has 0 aromatic carbocycles. The molecular formula is C9H17N3O. The monoisotopic (exact) mass is 183 g/mol. The highest BCUT2D eigenvalue weighted by Gasteiger charge is 2.14. The molecule has 0 fully saturated rings. The lowest BCUT2D eigenvalue weighted by Crippen LogP contribution is -2.37.